The summed E-state index contributed by atoms with van der Waals surface area (Å²) >= 11 is 0. The Hall–Kier alpha value is -1.26. The van der Waals surface area contributed by atoms with E-state index in [-0.39, 0.29) is 18.0 Å². The third kappa shape index (κ3) is 5.06. The van der Waals surface area contributed by atoms with Crippen molar-refractivity contribution in [3.63, 3.8) is 0 Å². The van der Waals surface area contributed by atoms with Gasteiger partial charge in [0.15, 0.2) is 0 Å². The van der Waals surface area contributed by atoms with Crippen LogP contribution in [0.4, 0.5) is 4.79 Å². The van der Waals surface area contributed by atoms with E-state index in [1.807, 2.05) is 6.92 Å². The fourth-order valence-electron chi connectivity index (χ4n) is 2.06. The lowest BCUT2D eigenvalue weighted by Gasteiger charge is -2.23. The Labute approximate surface area is 103 Å². The highest BCUT2D eigenvalue weighted by Gasteiger charge is 2.18. The Kier molecular flexibility index (Phi) is 5.80. The maximum Gasteiger partial charge on any atom is 0.315 e. The molecular weight excluding hydrogens is 218 g/mol. The molecule has 1 aliphatic rings. The van der Waals surface area contributed by atoms with Crippen LogP contribution in [-0.4, -0.2) is 30.6 Å². The molecule has 1 atom stereocenters. The molecule has 0 aliphatic heterocycles. The van der Waals surface area contributed by atoms with Crippen molar-refractivity contribution in [2.75, 3.05) is 6.54 Å². The molecule has 3 amide bonds. The van der Waals surface area contributed by atoms with E-state index in [1.54, 1.807) is 6.92 Å². The molecule has 0 radical (unpaired) electrons. The van der Waals surface area contributed by atoms with E-state index >= 15 is 0 Å². The summed E-state index contributed by atoms with van der Waals surface area (Å²) in [6.07, 6.45) is 5.70. The average Bonchev–Trinajstić information content (AvgIpc) is 2.30. The van der Waals surface area contributed by atoms with E-state index in [0.717, 1.165) is 12.8 Å². The van der Waals surface area contributed by atoms with Crippen molar-refractivity contribution in [2.24, 2.45) is 0 Å². The van der Waals surface area contributed by atoms with Crippen LogP contribution in [0.25, 0.3) is 0 Å². The first-order chi connectivity index (χ1) is 8.13. The number of hydrogen-bond acceptors (Lipinski definition) is 2. The number of rotatable bonds is 4. The normalized spacial score (nSPS) is 18.2. The van der Waals surface area contributed by atoms with Gasteiger partial charge in [-0.3, -0.25) is 4.79 Å². The molecule has 0 aromatic carbocycles. The van der Waals surface area contributed by atoms with Crippen LogP contribution in [0.1, 0.15) is 46.0 Å². The van der Waals surface area contributed by atoms with E-state index in [0.29, 0.717) is 6.54 Å². The monoisotopic (exact) mass is 241 g/mol. The molecule has 5 nitrogen and oxygen atoms in total. The lowest BCUT2D eigenvalue weighted by molar-refractivity contribution is -0.122. The highest BCUT2D eigenvalue weighted by Crippen LogP contribution is 2.17. The number of amides is 3. The summed E-state index contributed by atoms with van der Waals surface area (Å²) in [6.45, 7) is 4.12. The van der Waals surface area contributed by atoms with Gasteiger partial charge in [0.2, 0.25) is 5.91 Å². The molecule has 0 aromatic heterocycles. The van der Waals surface area contributed by atoms with Crippen molar-refractivity contribution in [1.82, 2.24) is 16.0 Å². The summed E-state index contributed by atoms with van der Waals surface area (Å²) in [7, 11) is 0. The first-order valence-electron chi connectivity index (χ1n) is 6.48. The van der Waals surface area contributed by atoms with Gasteiger partial charge in [-0.1, -0.05) is 19.3 Å². The molecule has 0 bridgehead atoms. The molecule has 98 valence electrons. The molecule has 3 N–H and O–H groups in total. The molecule has 0 spiro atoms. The summed E-state index contributed by atoms with van der Waals surface area (Å²) in [6, 6.07) is -0.459. The number of carbonyl (C=O) groups is 2. The Morgan fingerprint density at radius 3 is 2.47 bits per heavy atom. The zero-order valence-electron chi connectivity index (χ0n) is 10.7. The van der Waals surface area contributed by atoms with Gasteiger partial charge in [-0.2, -0.15) is 0 Å². The highest BCUT2D eigenvalue weighted by atomic mass is 16.2. The zero-order valence-corrected chi connectivity index (χ0v) is 10.7. The molecule has 1 fully saturated rings. The summed E-state index contributed by atoms with van der Waals surface area (Å²) in [5, 5.41) is 8.24. The van der Waals surface area contributed by atoms with Crippen LogP contribution in [-0.2, 0) is 4.79 Å². The van der Waals surface area contributed by atoms with Gasteiger partial charge < -0.3 is 16.0 Å². The molecular formula is C12H23N3O2. The summed E-state index contributed by atoms with van der Waals surface area (Å²) in [4.78, 5) is 23.0. The predicted octanol–water partition coefficient (Wildman–Crippen LogP) is 1.14. The Morgan fingerprint density at radius 2 is 1.88 bits per heavy atom. The van der Waals surface area contributed by atoms with Crippen LogP contribution in [0.2, 0.25) is 0 Å². The van der Waals surface area contributed by atoms with Crippen LogP contribution in [0, 0.1) is 0 Å². The molecule has 1 unspecified atom stereocenters. The van der Waals surface area contributed by atoms with Gasteiger partial charge in [-0.05, 0) is 26.7 Å². The van der Waals surface area contributed by atoms with Crippen molar-refractivity contribution < 1.29 is 9.59 Å². The first-order valence-corrected chi connectivity index (χ1v) is 6.48. The van der Waals surface area contributed by atoms with Crippen LogP contribution < -0.4 is 16.0 Å². The maximum atomic E-state index is 11.6. The quantitative estimate of drug-likeness (QED) is 0.691. The summed E-state index contributed by atoms with van der Waals surface area (Å²) in [5.41, 5.74) is 0. The van der Waals surface area contributed by atoms with Crippen LogP contribution >= 0.6 is 0 Å². The second-order valence-electron chi connectivity index (χ2n) is 4.57. The second-order valence-corrected chi connectivity index (χ2v) is 4.57. The molecule has 1 aliphatic carbocycles. The summed E-state index contributed by atoms with van der Waals surface area (Å²) in [5.74, 6) is -0.147. The minimum atomic E-state index is -0.487. The van der Waals surface area contributed by atoms with E-state index < -0.39 is 6.04 Å². The number of hydrogen-bond donors (Lipinski definition) is 3. The standard InChI is InChI=1S/C12H23N3O2/c1-3-13-11(16)9(2)14-12(17)15-10-7-5-4-6-8-10/h9-10H,3-8H2,1-2H3,(H,13,16)(H2,14,15,17). The van der Waals surface area contributed by atoms with Crippen LogP contribution in [0.3, 0.4) is 0 Å². The number of nitrogens with one attached hydrogen (secondary N) is 3. The van der Waals surface area contributed by atoms with Crippen molar-refractivity contribution in [3.05, 3.63) is 0 Å². The van der Waals surface area contributed by atoms with Gasteiger partial charge in [-0.15, -0.1) is 0 Å². The second kappa shape index (κ2) is 7.14. The predicted molar refractivity (Wildman–Crippen MR) is 66.7 cm³/mol. The Morgan fingerprint density at radius 1 is 1.24 bits per heavy atom. The van der Waals surface area contributed by atoms with Crippen molar-refractivity contribution in [1.29, 1.82) is 0 Å². The maximum absolute atomic E-state index is 11.6. The first kappa shape index (κ1) is 13.8. The molecule has 1 rings (SSSR count). The van der Waals surface area contributed by atoms with Crippen molar-refractivity contribution >= 4 is 11.9 Å². The van der Waals surface area contributed by atoms with Gasteiger partial charge in [0.1, 0.15) is 6.04 Å². The van der Waals surface area contributed by atoms with E-state index in [2.05, 4.69) is 16.0 Å². The van der Waals surface area contributed by atoms with Crippen molar-refractivity contribution in [3.8, 4) is 0 Å². The Bertz CT molecular complexity index is 262. The van der Waals surface area contributed by atoms with Gasteiger partial charge in [0.05, 0.1) is 0 Å². The lowest BCUT2D eigenvalue weighted by Crippen LogP contribution is -2.50. The fraction of sp³-hybridized carbons (Fsp3) is 0.833. The minimum absolute atomic E-state index is 0.147. The van der Waals surface area contributed by atoms with Gasteiger partial charge in [0, 0.05) is 12.6 Å². The van der Waals surface area contributed by atoms with Gasteiger partial charge in [-0.25, -0.2) is 4.79 Å². The minimum Gasteiger partial charge on any atom is -0.355 e. The van der Waals surface area contributed by atoms with Crippen LogP contribution in [0.15, 0.2) is 0 Å². The molecule has 0 saturated heterocycles. The van der Waals surface area contributed by atoms with Crippen molar-refractivity contribution in [2.45, 2.75) is 58.0 Å². The largest absolute Gasteiger partial charge is 0.355 e. The third-order valence-corrected chi connectivity index (χ3v) is 3.03. The number of carbonyl (C=O) groups excluding carboxylic acids is 2. The third-order valence-electron chi connectivity index (χ3n) is 3.03. The lowest BCUT2D eigenvalue weighted by atomic mass is 9.96. The topological polar surface area (TPSA) is 70.2 Å². The average molecular weight is 241 g/mol. The smallest absolute Gasteiger partial charge is 0.315 e. The molecule has 1 saturated carbocycles. The summed E-state index contributed by atoms with van der Waals surface area (Å²) < 4.78 is 0. The molecule has 5 heteroatoms. The van der Waals surface area contributed by atoms with E-state index in [1.165, 1.54) is 19.3 Å². The van der Waals surface area contributed by atoms with Gasteiger partial charge >= 0.3 is 6.03 Å². The van der Waals surface area contributed by atoms with E-state index in [4.69, 9.17) is 0 Å². The highest BCUT2D eigenvalue weighted by molar-refractivity contribution is 5.86. The molecule has 0 heterocycles. The fourth-order valence-corrected chi connectivity index (χ4v) is 2.06. The SMILES string of the molecule is CCNC(=O)C(C)NC(=O)NC1CCCCC1. The number of likely N-dealkylation sites (N-methyl/N-ethyl adjacent to an activating group) is 1. The van der Waals surface area contributed by atoms with Gasteiger partial charge in [0.25, 0.3) is 0 Å². The number of urea groups is 1. The molecule has 17 heavy (non-hydrogen) atoms. The zero-order chi connectivity index (χ0) is 12.7. The Balaban J connectivity index is 2.25. The van der Waals surface area contributed by atoms with Crippen LogP contribution in [0.5, 0.6) is 0 Å². The molecule has 0 aromatic rings. The van der Waals surface area contributed by atoms with E-state index in [9.17, 15) is 9.59 Å².